The minimum absolute atomic E-state index is 0.170. The third-order valence-electron chi connectivity index (χ3n) is 2.70. The Morgan fingerprint density at radius 3 is 2.17 bits per heavy atom. The zero-order chi connectivity index (χ0) is 13.1. The molecule has 0 saturated heterocycles. The first-order chi connectivity index (χ1) is 8.58. The van der Waals surface area contributed by atoms with Crippen molar-refractivity contribution in [2.24, 2.45) is 0 Å². The SMILES string of the molecule is Cc1cc(C)c(C(=O)Nc2ncccn2)c(C)c1. The smallest absolute Gasteiger partial charge is 0.258 e. The standard InChI is InChI=1S/C14H15N3O/c1-9-7-10(2)12(11(3)8-9)13(18)17-14-15-5-4-6-16-14/h4-8H,1-3H3,(H,15,16,17,18). The van der Waals surface area contributed by atoms with Gasteiger partial charge in [0.15, 0.2) is 0 Å². The maximum atomic E-state index is 12.2. The minimum atomic E-state index is -0.170. The summed E-state index contributed by atoms with van der Waals surface area (Å²) >= 11 is 0. The van der Waals surface area contributed by atoms with Gasteiger partial charge in [0.25, 0.3) is 5.91 Å². The van der Waals surface area contributed by atoms with Gasteiger partial charge in [0.05, 0.1) is 0 Å². The fraction of sp³-hybridized carbons (Fsp3) is 0.214. The molecule has 92 valence electrons. The van der Waals surface area contributed by atoms with Gasteiger partial charge in [-0.15, -0.1) is 0 Å². The molecule has 1 amide bonds. The van der Waals surface area contributed by atoms with Gasteiger partial charge in [0.1, 0.15) is 0 Å². The second-order valence-electron chi connectivity index (χ2n) is 4.30. The maximum absolute atomic E-state index is 12.2. The highest BCUT2D eigenvalue weighted by Gasteiger charge is 2.13. The Bertz CT molecular complexity index is 556. The molecule has 0 atom stereocenters. The van der Waals surface area contributed by atoms with Crippen LogP contribution in [-0.4, -0.2) is 15.9 Å². The molecule has 0 fully saturated rings. The molecule has 1 N–H and O–H groups in total. The summed E-state index contributed by atoms with van der Waals surface area (Å²) in [6.07, 6.45) is 3.19. The molecule has 0 spiro atoms. The van der Waals surface area contributed by atoms with E-state index in [-0.39, 0.29) is 5.91 Å². The van der Waals surface area contributed by atoms with Gasteiger partial charge in [-0.1, -0.05) is 17.7 Å². The number of nitrogens with one attached hydrogen (secondary N) is 1. The predicted molar refractivity (Wildman–Crippen MR) is 70.6 cm³/mol. The van der Waals surface area contributed by atoms with Crippen LogP contribution in [0.15, 0.2) is 30.6 Å². The Labute approximate surface area is 106 Å². The van der Waals surface area contributed by atoms with Crippen molar-refractivity contribution in [3.63, 3.8) is 0 Å². The number of aromatic nitrogens is 2. The molecule has 0 unspecified atom stereocenters. The summed E-state index contributed by atoms with van der Waals surface area (Å²) in [6, 6.07) is 5.69. The van der Waals surface area contributed by atoms with Crippen LogP contribution in [0.3, 0.4) is 0 Å². The van der Waals surface area contributed by atoms with E-state index in [1.54, 1.807) is 18.5 Å². The lowest BCUT2D eigenvalue weighted by Gasteiger charge is -2.10. The van der Waals surface area contributed by atoms with Gasteiger partial charge in [0, 0.05) is 18.0 Å². The number of amides is 1. The average Bonchev–Trinajstić information content (AvgIpc) is 2.28. The third-order valence-corrected chi connectivity index (χ3v) is 2.70. The highest BCUT2D eigenvalue weighted by atomic mass is 16.1. The second kappa shape index (κ2) is 4.96. The van der Waals surface area contributed by atoms with Crippen LogP contribution in [0.25, 0.3) is 0 Å². The van der Waals surface area contributed by atoms with E-state index in [1.807, 2.05) is 32.9 Å². The highest BCUT2D eigenvalue weighted by molar-refractivity contribution is 6.05. The predicted octanol–water partition coefficient (Wildman–Crippen LogP) is 2.65. The Morgan fingerprint density at radius 1 is 1.06 bits per heavy atom. The molecule has 2 rings (SSSR count). The van der Waals surface area contributed by atoms with E-state index in [2.05, 4.69) is 15.3 Å². The van der Waals surface area contributed by atoms with E-state index in [9.17, 15) is 4.79 Å². The second-order valence-corrected chi connectivity index (χ2v) is 4.30. The number of benzene rings is 1. The molecule has 2 aromatic rings. The van der Waals surface area contributed by atoms with Crippen molar-refractivity contribution in [3.05, 3.63) is 52.8 Å². The van der Waals surface area contributed by atoms with Crippen LogP contribution in [0.2, 0.25) is 0 Å². The number of hydrogen-bond acceptors (Lipinski definition) is 3. The van der Waals surface area contributed by atoms with Crippen LogP contribution < -0.4 is 5.32 Å². The highest BCUT2D eigenvalue weighted by Crippen LogP contribution is 2.17. The Hall–Kier alpha value is -2.23. The van der Waals surface area contributed by atoms with Crippen LogP contribution in [0.4, 0.5) is 5.95 Å². The van der Waals surface area contributed by atoms with Crippen molar-refractivity contribution in [1.29, 1.82) is 0 Å². The normalized spacial score (nSPS) is 10.2. The Kier molecular flexibility index (Phi) is 3.37. The first-order valence-corrected chi connectivity index (χ1v) is 5.74. The zero-order valence-electron chi connectivity index (χ0n) is 10.7. The zero-order valence-corrected chi connectivity index (χ0v) is 10.7. The van der Waals surface area contributed by atoms with Gasteiger partial charge in [0.2, 0.25) is 5.95 Å². The number of aryl methyl sites for hydroxylation is 3. The molecule has 1 heterocycles. The molecule has 0 bridgehead atoms. The molecular formula is C14H15N3O. The van der Waals surface area contributed by atoms with Crippen LogP contribution in [0.5, 0.6) is 0 Å². The lowest BCUT2D eigenvalue weighted by atomic mass is 9.99. The number of hydrogen-bond donors (Lipinski definition) is 1. The van der Waals surface area contributed by atoms with Gasteiger partial charge in [-0.3, -0.25) is 10.1 Å². The van der Waals surface area contributed by atoms with Gasteiger partial charge >= 0.3 is 0 Å². The summed E-state index contributed by atoms with van der Waals surface area (Å²) in [5.41, 5.74) is 3.76. The van der Waals surface area contributed by atoms with E-state index in [0.29, 0.717) is 11.5 Å². The number of nitrogens with zero attached hydrogens (tertiary/aromatic N) is 2. The molecule has 4 heteroatoms. The molecule has 0 radical (unpaired) electrons. The molecule has 4 nitrogen and oxygen atoms in total. The van der Waals surface area contributed by atoms with Crippen molar-refractivity contribution >= 4 is 11.9 Å². The van der Waals surface area contributed by atoms with Gasteiger partial charge in [-0.25, -0.2) is 9.97 Å². The van der Waals surface area contributed by atoms with E-state index in [4.69, 9.17) is 0 Å². The van der Waals surface area contributed by atoms with Crippen molar-refractivity contribution in [1.82, 2.24) is 9.97 Å². The summed E-state index contributed by atoms with van der Waals surface area (Å²) < 4.78 is 0. The molecule has 0 saturated carbocycles. The van der Waals surface area contributed by atoms with Crippen molar-refractivity contribution in [2.75, 3.05) is 5.32 Å². The topological polar surface area (TPSA) is 54.9 Å². The maximum Gasteiger partial charge on any atom is 0.258 e. The first kappa shape index (κ1) is 12.2. The summed E-state index contributed by atoms with van der Waals surface area (Å²) in [7, 11) is 0. The summed E-state index contributed by atoms with van der Waals surface area (Å²) in [4.78, 5) is 20.1. The van der Waals surface area contributed by atoms with Crippen LogP contribution in [0.1, 0.15) is 27.0 Å². The lowest BCUT2D eigenvalue weighted by molar-refractivity contribution is 0.102. The quantitative estimate of drug-likeness (QED) is 0.879. The van der Waals surface area contributed by atoms with Gasteiger partial charge in [-0.2, -0.15) is 0 Å². The number of carbonyl (C=O) groups excluding carboxylic acids is 1. The molecule has 0 aliphatic rings. The molecule has 18 heavy (non-hydrogen) atoms. The van der Waals surface area contributed by atoms with Gasteiger partial charge < -0.3 is 0 Å². The molecule has 1 aromatic carbocycles. The molecule has 1 aromatic heterocycles. The van der Waals surface area contributed by atoms with Crippen molar-refractivity contribution < 1.29 is 4.79 Å². The Balaban J connectivity index is 2.30. The van der Waals surface area contributed by atoms with Crippen molar-refractivity contribution in [2.45, 2.75) is 20.8 Å². The van der Waals surface area contributed by atoms with Crippen LogP contribution in [0, 0.1) is 20.8 Å². The van der Waals surface area contributed by atoms with E-state index in [0.717, 1.165) is 16.7 Å². The monoisotopic (exact) mass is 241 g/mol. The fourth-order valence-corrected chi connectivity index (χ4v) is 2.07. The minimum Gasteiger partial charge on any atom is -0.290 e. The van der Waals surface area contributed by atoms with Crippen LogP contribution >= 0.6 is 0 Å². The summed E-state index contributed by atoms with van der Waals surface area (Å²) in [5.74, 6) is 0.151. The van der Waals surface area contributed by atoms with E-state index >= 15 is 0 Å². The first-order valence-electron chi connectivity index (χ1n) is 5.74. The van der Waals surface area contributed by atoms with Crippen molar-refractivity contribution in [3.8, 4) is 0 Å². The molecular weight excluding hydrogens is 226 g/mol. The van der Waals surface area contributed by atoms with E-state index < -0.39 is 0 Å². The number of anilines is 1. The largest absolute Gasteiger partial charge is 0.290 e. The lowest BCUT2D eigenvalue weighted by Crippen LogP contribution is -2.16. The average molecular weight is 241 g/mol. The fourth-order valence-electron chi connectivity index (χ4n) is 2.07. The van der Waals surface area contributed by atoms with E-state index in [1.165, 1.54) is 0 Å². The van der Waals surface area contributed by atoms with Crippen LogP contribution in [-0.2, 0) is 0 Å². The number of rotatable bonds is 2. The molecule has 0 aliphatic heterocycles. The summed E-state index contributed by atoms with van der Waals surface area (Å²) in [6.45, 7) is 5.88. The summed E-state index contributed by atoms with van der Waals surface area (Å²) in [5, 5.41) is 2.70. The Morgan fingerprint density at radius 2 is 1.61 bits per heavy atom. The van der Waals surface area contributed by atoms with Gasteiger partial charge in [-0.05, 0) is 38.0 Å². The third kappa shape index (κ3) is 2.53. The molecule has 0 aliphatic carbocycles. The number of carbonyl (C=O) groups is 1.